The van der Waals surface area contributed by atoms with Crippen molar-refractivity contribution in [2.75, 3.05) is 5.32 Å². The number of halogens is 1. The van der Waals surface area contributed by atoms with Crippen molar-refractivity contribution in [2.45, 2.75) is 6.92 Å². The number of aromatic carboxylic acids is 1. The number of hydrogen-bond donors (Lipinski definition) is 2. The summed E-state index contributed by atoms with van der Waals surface area (Å²) in [4.78, 5) is 15.2. The molecule has 1 heterocycles. The van der Waals surface area contributed by atoms with Crippen LogP contribution in [0.1, 0.15) is 16.1 Å². The summed E-state index contributed by atoms with van der Waals surface area (Å²) in [6.07, 6.45) is 0. The summed E-state index contributed by atoms with van der Waals surface area (Å²) in [5, 5.41) is 12.1. The van der Waals surface area contributed by atoms with Gasteiger partial charge >= 0.3 is 5.97 Å². The quantitative estimate of drug-likeness (QED) is 0.829. The molecule has 0 amide bonds. The molecule has 18 heavy (non-hydrogen) atoms. The molecule has 2 N–H and O–H groups in total. The first-order valence-electron chi connectivity index (χ1n) is 5.29. The number of anilines is 2. The monoisotopic (exact) mass is 354 g/mol. The standard InChI is InChI=1S/C13H11IN2O2/c1-8-6-9(13(17)18)7-12(15-8)16-11-4-2-10(14)3-5-11/h2-7H,1H3,(H,15,16)(H,17,18). The Kier molecular flexibility index (Phi) is 3.81. The van der Waals surface area contributed by atoms with Crippen molar-refractivity contribution in [3.8, 4) is 0 Å². The fourth-order valence-corrected chi connectivity index (χ4v) is 1.90. The molecule has 1 aromatic heterocycles. The number of aromatic nitrogens is 1. The maximum atomic E-state index is 10.9. The van der Waals surface area contributed by atoms with Crippen molar-refractivity contribution >= 4 is 40.1 Å². The molecule has 0 atom stereocenters. The highest BCUT2D eigenvalue weighted by Crippen LogP contribution is 2.18. The highest BCUT2D eigenvalue weighted by molar-refractivity contribution is 14.1. The average molecular weight is 354 g/mol. The molecule has 0 radical (unpaired) electrons. The lowest BCUT2D eigenvalue weighted by molar-refractivity contribution is 0.0696. The molecule has 0 unspecified atom stereocenters. The van der Waals surface area contributed by atoms with Gasteiger partial charge in [-0.25, -0.2) is 9.78 Å². The maximum absolute atomic E-state index is 10.9. The van der Waals surface area contributed by atoms with Gasteiger partial charge in [-0.05, 0) is 65.9 Å². The van der Waals surface area contributed by atoms with Crippen LogP contribution in [0.15, 0.2) is 36.4 Å². The fraction of sp³-hybridized carbons (Fsp3) is 0.0769. The van der Waals surface area contributed by atoms with Crippen LogP contribution in [0.5, 0.6) is 0 Å². The van der Waals surface area contributed by atoms with Crippen molar-refractivity contribution in [2.24, 2.45) is 0 Å². The second kappa shape index (κ2) is 5.34. The number of hydrogen-bond acceptors (Lipinski definition) is 3. The number of pyridine rings is 1. The van der Waals surface area contributed by atoms with Crippen LogP contribution >= 0.6 is 22.6 Å². The van der Waals surface area contributed by atoms with Crippen LogP contribution < -0.4 is 5.32 Å². The van der Waals surface area contributed by atoms with E-state index in [1.54, 1.807) is 13.0 Å². The smallest absolute Gasteiger partial charge is 0.335 e. The van der Waals surface area contributed by atoms with E-state index in [9.17, 15) is 4.79 Å². The predicted octanol–water partition coefficient (Wildman–Crippen LogP) is 3.44. The lowest BCUT2D eigenvalue weighted by atomic mass is 10.2. The minimum absolute atomic E-state index is 0.232. The molecule has 0 aliphatic carbocycles. The van der Waals surface area contributed by atoms with E-state index >= 15 is 0 Å². The van der Waals surface area contributed by atoms with Crippen LogP contribution in [0.3, 0.4) is 0 Å². The van der Waals surface area contributed by atoms with Crippen molar-refractivity contribution in [1.29, 1.82) is 0 Å². The van der Waals surface area contributed by atoms with Crippen LogP contribution in [0.2, 0.25) is 0 Å². The van der Waals surface area contributed by atoms with Crippen LogP contribution in [0.4, 0.5) is 11.5 Å². The first-order valence-corrected chi connectivity index (χ1v) is 6.37. The molecule has 2 aromatic rings. The van der Waals surface area contributed by atoms with E-state index in [4.69, 9.17) is 5.11 Å². The molecule has 0 saturated heterocycles. The Morgan fingerprint density at radius 3 is 2.56 bits per heavy atom. The van der Waals surface area contributed by atoms with Gasteiger partial charge in [0.1, 0.15) is 5.82 Å². The molecule has 2 rings (SSSR count). The number of benzene rings is 1. The van der Waals surface area contributed by atoms with Crippen molar-refractivity contribution in [1.82, 2.24) is 4.98 Å². The lowest BCUT2D eigenvalue weighted by Crippen LogP contribution is -2.01. The molecular weight excluding hydrogens is 343 g/mol. The SMILES string of the molecule is Cc1cc(C(=O)O)cc(Nc2ccc(I)cc2)n1. The van der Waals surface area contributed by atoms with Gasteiger partial charge < -0.3 is 10.4 Å². The van der Waals surface area contributed by atoms with Crippen molar-refractivity contribution in [3.63, 3.8) is 0 Å². The number of carbonyl (C=O) groups is 1. The van der Waals surface area contributed by atoms with Crippen LogP contribution in [0.25, 0.3) is 0 Å². The van der Waals surface area contributed by atoms with Gasteiger partial charge in [-0.3, -0.25) is 0 Å². The Morgan fingerprint density at radius 2 is 1.94 bits per heavy atom. The van der Waals surface area contributed by atoms with E-state index < -0.39 is 5.97 Å². The van der Waals surface area contributed by atoms with Gasteiger partial charge in [-0.15, -0.1) is 0 Å². The van der Waals surface area contributed by atoms with E-state index in [1.165, 1.54) is 6.07 Å². The van der Waals surface area contributed by atoms with E-state index in [0.29, 0.717) is 11.5 Å². The molecule has 0 aliphatic rings. The second-order valence-corrected chi connectivity index (χ2v) is 5.07. The van der Waals surface area contributed by atoms with Gasteiger partial charge in [-0.2, -0.15) is 0 Å². The van der Waals surface area contributed by atoms with Gasteiger partial charge in [0, 0.05) is 15.0 Å². The number of aryl methyl sites for hydroxylation is 1. The summed E-state index contributed by atoms with van der Waals surface area (Å²) in [5.74, 6) is -0.417. The van der Waals surface area contributed by atoms with Crippen LogP contribution in [0, 0.1) is 10.5 Å². The van der Waals surface area contributed by atoms with Gasteiger partial charge in [-0.1, -0.05) is 0 Å². The maximum Gasteiger partial charge on any atom is 0.335 e. The summed E-state index contributed by atoms with van der Waals surface area (Å²) in [6, 6.07) is 10.8. The summed E-state index contributed by atoms with van der Waals surface area (Å²) >= 11 is 2.23. The zero-order valence-corrected chi connectivity index (χ0v) is 11.8. The largest absolute Gasteiger partial charge is 0.478 e. The fourth-order valence-electron chi connectivity index (χ4n) is 1.54. The lowest BCUT2D eigenvalue weighted by Gasteiger charge is -2.07. The Labute approximate surface area is 118 Å². The van der Waals surface area contributed by atoms with Crippen LogP contribution in [-0.4, -0.2) is 16.1 Å². The summed E-state index contributed by atoms with van der Waals surface area (Å²) < 4.78 is 1.14. The Bertz CT molecular complexity index is 582. The molecule has 1 aromatic carbocycles. The predicted molar refractivity (Wildman–Crippen MR) is 78.4 cm³/mol. The number of carboxylic acids is 1. The first-order chi connectivity index (χ1) is 8.54. The molecule has 4 nitrogen and oxygen atoms in total. The van der Waals surface area contributed by atoms with Crippen molar-refractivity contribution in [3.05, 3.63) is 51.2 Å². The molecule has 0 aliphatic heterocycles. The molecular formula is C13H11IN2O2. The number of nitrogens with one attached hydrogen (secondary N) is 1. The van der Waals surface area contributed by atoms with E-state index in [-0.39, 0.29) is 5.56 Å². The number of carboxylic acid groups (broad SMARTS) is 1. The molecule has 0 spiro atoms. The third-order valence-corrected chi connectivity index (χ3v) is 3.04. The third-order valence-electron chi connectivity index (χ3n) is 2.32. The van der Waals surface area contributed by atoms with Crippen LogP contribution in [-0.2, 0) is 0 Å². The summed E-state index contributed by atoms with van der Waals surface area (Å²) in [6.45, 7) is 1.77. The molecule has 0 saturated carbocycles. The van der Waals surface area contributed by atoms with E-state index in [1.807, 2.05) is 24.3 Å². The normalized spacial score (nSPS) is 10.1. The van der Waals surface area contributed by atoms with Gasteiger partial charge in [0.05, 0.1) is 5.56 Å². The van der Waals surface area contributed by atoms with Crippen molar-refractivity contribution < 1.29 is 9.90 Å². The number of nitrogens with zero attached hydrogens (tertiary/aromatic N) is 1. The topological polar surface area (TPSA) is 62.2 Å². The Hall–Kier alpha value is -1.63. The summed E-state index contributed by atoms with van der Waals surface area (Å²) in [5.41, 5.74) is 1.78. The first kappa shape index (κ1) is 12.8. The number of rotatable bonds is 3. The average Bonchev–Trinajstić information content (AvgIpc) is 2.31. The van der Waals surface area contributed by atoms with Gasteiger partial charge in [0.25, 0.3) is 0 Å². The molecule has 5 heteroatoms. The molecule has 0 bridgehead atoms. The van der Waals surface area contributed by atoms with Gasteiger partial charge in [0.2, 0.25) is 0 Å². The zero-order valence-electron chi connectivity index (χ0n) is 9.64. The molecule has 92 valence electrons. The summed E-state index contributed by atoms with van der Waals surface area (Å²) in [7, 11) is 0. The highest BCUT2D eigenvalue weighted by atomic mass is 127. The Balaban J connectivity index is 2.28. The second-order valence-electron chi connectivity index (χ2n) is 3.82. The third kappa shape index (κ3) is 3.19. The highest BCUT2D eigenvalue weighted by Gasteiger charge is 2.06. The Morgan fingerprint density at radius 1 is 1.28 bits per heavy atom. The minimum atomic E-state index is -0.953. The van der Waals surface area contributed by atoms with Gasteiger partial charge in [0.15, 0.2) is 0 Å². The minimum Gasteiger partial charge on any atom is -0.478 e. The van der Waals surface area contributed by atoms with E-state index in [0.717, 1.165) is 9.26 Å². The zero-order chi connectivity index (χ0) is 13.1. The van der Waals surface area contributed by atoms with E-state index in [2.05, 4.69) is 32.9 Å². The molecule has 0 fully saturated rings.